The number of halogens is 4. The van der Waals surface area contributed by atoms with Gasteiger partial charge in [0.25, 0.3) is 11.6 Å². The number of hydrogen-bond donors (Lipinski definition) is 2. The van der Waals surface area contributed by atoms with E-state index in [1.807, 2.05) is 6.07 Å². The van der Waals surface area contributed by atoms with Crippen molar-refractivity contribution in [2.45, 2.75) is 9.96 Å². The molecule has 2 rings (SSSR count). The van der Waals surface area contributed by atoms with Crippen LogP contribution in [-0.2, 0) is 0 Å². The molecule has 132 valence electrons. The smallest absolute Gasteiger partial charge is 0.271 e. The van der Waals surface area contributed by atoms with Crippen LogP contribution in [0.3, 0.4) is 0 Å². The highest BCUT2D eigenvalue weighted by molar-refractivity contribution is 14.1. The summed E-state index contributed by atoms with van der Waals surface area (Å²) in [6.07, 6.45) is -1.11. The van der Waals surface area contributed by atoms with E-state index in [4.69, 9.17) is 34.8 Å². The number of carbonyl (C=O) groups is 1. The first-order valence-corrected chi connectivity index (χ1v) is 9.02. The fraction of sp³-hybridized carbons (Fsp3) is 0.133. The van der Waals surface area contributed by atoms with E-state index in [1.165, 1.54) is 18.2 Å². The first-order valence-electron chi connectivity index (χ1n) is 6.81. The molecule has 0 aliphatic rings. The summed E-state index contributed by atoms with van der Waals surface area (Å²) < 4.78 is -1.01. The molecule has 0 bridgehead atoms. The number of hydrogen-bond acceptors (Lipinski definition) is 4. The summed E-state index contributed by atoms with van der Waals surface area (Å²) in [4.78, 5) is 22.7. The van der Waals surface area contributed by atoms with Crippen LogP contribution >= 0.6 is 57.4 Å². The highest BCUT2D eigenvalue weighted by Crippen LogP contribution is 2.32. The highest BCUT2D eigenvalue weighted by Gasteiger charge is 2.34. The number of non-ortho nitro benzene ring substituents is 1. The Bertz CT molecular complexity index is 799. The molecule has 6 nitrogen and oxygen atoms in total. The van der Waals surface area contributed by atoms with E-state index in [0.29, 0.717) is 11.3 Å². The monoisotopic (exact) mass is 513 g/mol. The third-order valence-corrected chi connectivity index (χ3v) is 4.38. The molecule has 0 spiro atoms. The van der Waals surface area contributed by atoms with Crippen molar-refractivity contribution in [3.63, 3.8) is 0 Å². The molecule has 2 N–H and O–H groups in total. The molecular weight excluding hydrogens is 503 g/mol. The van der Waals surface area contributed by atoms with Gasteiger partial charge in [0, 0.05) is 27.0 Å². The molecule has 0 unspecified atom stereocenters. The number of nitro groups is 1. The predicted molar refractivity (Wildman–Crippen MR) is 107 cm³/mol. The lowest BCUT2D eigenvalue weighted by atomic mass is 10.2. The van der Waals surface area contributed by atoms with Crippen LogP contribution in [0.4, 0.5) is 11.4 Å². The lowest BCUT2D eigenvalue weighted by Gasteiger charge is -2.27. The molecule has 0 radical (unpaired) electrons. The van der Waals surface area contributed by atoms with Crippen LogP contribution in [0.1, 0.15) is 10.4 Å². The summed E-state index contributed by atoms with van der Waals surface area (Å²) in [5, 5.41) is 16.2. The van der Waals surface area contributed by atoms with Crippen LogP contribution < -0.4 is 10.6 Å². The Morgan fingerprint density at radius 2 is 1.84 bits per heavy atom. The number of alkyl halides is 3. The quantitative estimate of drug-likeness (QED) is 0.199. The first kappa shape index (κ1) is 20.0. The molecule has 0 heterocycles. The first-order chi connectivity index (χ1) is 11.7. The molecule has 2 aromatic rings. The molecule has 1 amide bonds. The van der Waals surface area contributed by atoms with E-state index in [2.05, 4.69) is 33.2 Å². The minimum Gasteiger partial charge on any atom is -0.362 e. The molecule has 25 heavy (non-hydrogen) atoms. The minimum absolute atomic E-state index is 0.128. The molecule has 1 atom stereocenters. The van der Waals surface area contributed by atoms with E-state index in [1.54, 1.807) is 24.3 Å². The minimum atomic E-state index is -1.89. The molecule has 0 saturated heterocycles. The maximum atomic E-state index is 12.4. The van der Waals surface area contributed by atoms with Crippen LogP contribution in [0.2, 0.25) is 0 Å². The van der Waals surface area contributed by atoms with Gasteiger partial charge in [-0.1, -0.05) is 46.9 Å². The molecule has 0 fully saturated rings. The predicted octanol–water partition coefficient (Wildman–Crippen LogP) is 4.74. The van der Waals surface area contributed by atoms with Gasteiger partial charge >= 0.3 is 0 Å². The topological polar surface area (TPSA) is 84.3 Å². The maximum absolute atomic E-state index is 12.4. The Morgan fingerprint density at radius 1 is 1.16 bits per heavy atom. The van der Waals surface area contributed by atoms with Crippen LogP contribution in [0, 0.1) is 13.7 Å². The number of anilines is 1. The third kappa shape index (κ3) is 5.88. The van der Waals surface area contributed by atoms with Crippen molar-refractivity contribution in [1.29, 1.82) is 0 Å². The van der Waals surface area contributed by atoms with Gasteiger partial charge in [-0.05, 0) is 46.9 Å². The molecule has 0 aliphatic carbocycles. The Balaban J connectivity index is 2.21. The normalized spacial score (nSPS) is 12.3. The van der Waals surface area contributed by atoms with E-state index in [0.717, 1.165) is 3.57 Å². The fourth-order valence-electron chi connectivity index (χ4n) is 1.92. The molecule has 0 aliphatic heterocycles. The second kappa shape index (κ2) is 8.39. The number of carbonyl (C=O) groups excluding carboxylic acids is 1. The average molecular weight is 515 g/mol. The Labute approximate surface area is 172 Å². The average Bonchev–Trinajstić information content (AvgIpc) is 2.53. The van der Waals surface area contributed by atoms with Gasteiger partial charge in [0.1, 0.15) is 6.17 Å². The number of benzene rings is 2. The molecule has 0 saturated carbocycles. The van der Waals surface area contributed by atoms with Gasteiger partial charge in [0.15, 0.2) is 0 Å². The van der Waals surface area contributed by atoms with Crippen molar-refractivity contribution in [1.82, 2.24) is 5.32 Å². The third-order valence-electron chi connectivity index (χ3n) is 3.06. The van der Waals surface area contributed by atoms with E-state index < -0.39 is 20.8 Å². The lowest BCUT2D eigenvalue weighted by molar-refractivity contribution is -0.384. The van der Waals surface area contributed by atoms with Gasteiger partial charge in [-0.25, -0.2) is 0 Å². The zero-order valence-corrected chi connectivity index (χ0v) is 16.8. The van der Waals surface area contributed by atoms with Crippen molar-refractivity contribution >= 4 is 74.7 Å². The van der Waals surface area contributed by atoms with Crippen molar-refractivity contribution in [3.05, 3.63) is 67.8 Å². The van der Waals surface area contributed by atoms with Crippen molar-refractivity contribution in [2.75, 3.05) is 5.32 Å². The van der Waals surface area contributed by atoms with Crippen LogP contribution in [0.15, 0.2) is 48.5 Å². The number of rotatable bonds is 5. The molecule has 2 aromatic carbocycles. The second-order valence-corrected chi connectivity index (χ2v) is 8.52. The van der Waals surface area contributed by atoms with Crippen molar-refractivity contribution in [3.8, 4) is 0 Å². The number of amides is 1. The summed E-state index contributed by atoms with van der Waals surface area (Å²) in [6.45, 7) is 0. The maximum Gasteiger partial charge on any atom is 0.271 e. The zero-order chi connectivity index (χ0) is 18.6. The summed E-state index contributed by atoms with van der Waals surface area (Å²) in [7, 11) is 0. The van der Waals surface area contributed by atoms with Gasteiger partial charge < -0.3 is 10.6 Å². The standard InChI is InChI=1S/C15H11Cl3IN3O3/c16-15(17,18)14(20-11-5-2-6-12(8-11)22(24)25)21-13(23)9-3-1-4-10(19)7-9/h1-8,14,20H,(H,21,23)/t14-/m1/s1. The second-order valence-electron chi connectivity index (χ2n) is 4.91. The summed E-state index contributed by atoms with van der Waals surface area (Å²) in [5.74, 6) is -0.451. The number of nitrogens with zero attached hydrogens (tertiary/aromatic N) is 1. The largest absolute Gasteiger partial charge is 0.362 e. The van der Waals surface area contributed by atoms with E-state index >= 15 is 0 Å². The highest BCUT2D eigenvalue weighted by atomic mass is 127. The lowest BCUT2D eigenvalue weighted by Crippen LogP contribution is -2.49. The Morgan fingerprint density at radius 3 is 2.44 bits per heavy atom. The number of nitro benzene ring substituents is 1. The molecule has 0 aromatic heterocycles. The van der Waals surface area contributed by atoms with Crippen molar-refractivity contribution in [2.24, 2.45) is 0 Å². The zero-order valence-electron chi connectivity index (χ0n) is 12.4. The van der Waals surface area contributed by atoms with Crippen LogP contribution in [-0.4, -0.2) is 20.8 Å². The Hall–Kier alpha value is -1.29. The van der Waals surface area contributed by atoms with Gasteiger partial charge in [-0.15, -0.1) is 0 Å². The van der Waals surface area contributed by atoms with Crippen LogP contribution in [0.25, 0.3) is 0 Å². The summed E-state index contributed by atoms with van der Waals surface area (Å²) >= 11 is 19.9. The molecule has 10 heteroatoms. The Kier molecular flexibility index (Phi) is 6.72. The van der Waals surface area contributed by atoms with Gasteiger partial charge in [-0.3, -0.25) is 14.9 Å². The number of nitrogens with one attached hydrogen (secondary N) is 2. The van der Waals surface area contributed by atoms with Gasteiger partial charge in [0.2, 0.25) is 3.79 Å². The summed E-state index contributed by atoms with van der Waals surface area (Å²) in [6, 6.07) is 12.5. The fourth-order valence-corrected chi connectivity index (χ4v) is 2.79. The van der Waals surface area contributed by atoms with Gasteiger partial charge in [-0.2, -0.15) is 0 Å². The van der Waals surface area contributed by atoms with E-state index in [9.17, 15) is 14.9 Å². The SMILES string of the molecule is O=C(N[C@@H](Nc1cccc([N+](=O)[O-])c1)C(Cl)(Cl)Cl)c1cccc(I)c1. The van der Waals surface area contributed by atoms with E-state index in [-0.39, 0.29) is 5.69 Å². The molecular formula is C15H11Cl3IN3O3. The van der Waals surface area contributed by atoms with Crippen LogP contribution in [0.5, 0.6) is 0 Å². The van der Waals surface area contributed by atoms with Crippen molar-refractivity contribution < 1.29 is 9.72 Å². The van der Waals surface area contributed by atoms with Gasteiger partial charge in [0.05, 0.1) is 4.92 Å². The summed E-state index contributed by atoms with van der Waals surface area (Å²) in [5.41, 5.74) is 0.595.